The minimum Gasteiger partial charge on any atom is -0.477 e. The van der Waals surface area contributed by atoms with Crippen molar-refractivity contribution in [2.45, 2.75) is 18.7 Å². The van der Waals surface area contributed by atoms with Crippen molar-refractivity contribution in [1.82, 2.24) is 4.98 Å². The summed E-state index contributed by atoms with van der Waals surface area (Å²) in [6.07, 6.45) is 0. The van der Waals surface area contributed by atoms with Gasteiger partial charge in [-0.05, 0) is 26.0 Å². The molecule has 2 rings (SSSR count). The van der Waals surface area contributed by atoms with Crippen molar-refractivity contribution in [3.05, 3.63) is 40.9 Å². The molecule has 1 heterocycles. The molecule has 0 aliphatic rings. The number of anilines is 1. The molecular weight excluding hydrogens is 312 g/mol. The fourth-order valence-electron chi connectivity index (χ4n) is 1.82. The van der Waals surface area contributed by atoms with Crippen molar-refractivity contribution in [1.29, 1.82) is 0 Å². The normalized spacial score (nSPS) is 11.3. The SMILES string of the molecule is CCN(c1nc(C)c(C(=O)O)s1)S(=O)(=O)c1ccccc1. The van der Waals surface area contributed by atoms with E-state index in [0.717, 1.165) is 15.6 Å². The average molecular weight is 326 g/mol. The second kappa shape index (κ2) is 5.82. The van der Waals surface area contributed by atoms with E-state index in [4.69, 9.17) is 5.11 Å². The Bertz CT molecular complexity index is 754. The van der Waals surface area contributed by atoms with E-state index in [1.165, 1.54) is 12.1 Å². The van der Waals surface area contributed by atoms with Crippen LogP contribution in [-0.4, -0.2) is 31.0 Å². The van der Waals surface area contributed by atoms with E-state index >= 15 is 0 Å². The van der Waals surface area contributed by atoms with Gasteiger partial charge in [-0.15, -0.1) is 0 Å². The lowest BCUT2D eigenvalue weighted by Crippen LogP contribution is -2.30. The molecule has 0 bridgehead atoms. The number of carbonyl (C=O) groups is 1. The van der Waals surface area contributed by atoms with Crippen LogP contribution in [0.2, 0.25) is 0 Å². The number of nitrogens with zero attached hydrogens (tertiary/aromatic N) is 2. The lowest BCUT2D eigenvalue weighted by atomic mass is 10.4. The lowest BCUT2D eigenvalue weighted by molar-refractivity contribution is 0.0701. The Morgan fingerprint density at radius 3 is 2.43 bits per heavy atom. The number of aryl methyl sites for hydroxylation is 1. The van der Waals surface area contributed by atoms with Crippen molar-refractivity contribution in [2.24, 2.45) is 0 Å². The summed E-state index contributed by atoms with van der Waals surface area (Å²) in [5.74, 6) is -1.11. The van der Waals surface area contributed by atoms with E-state index < -0.39 is 16.0 Å². The Kier molecular flexibility index (Phi) is 4.29. The molecule has 0 saturated heterocycles. The molecule has 0 atom stereocenters. The van der Waals surface area contributed by atoms with Crippen LogP contribution in [0.15, 0.2) is 35.2 Å². The van der Waals surface area contributed by atoms with Gasteiger partial charge in [0.1, 0.15) is 4.88 Å². The highest BCUT2D eigenvalue weighted by Gasteiger charge is 2.27. The van der Waals surface area contributed by atoms with Crippen LogP contribution in [0.3, 0.4) is 0 Å². The summed E-state index contributed by atoms with van der Waals surface area (Å²) in [4.78, 5) is 15.3. The molecule has 6 nitrogen and oxygen atoms in total. The number of hydrogen-bond donors (Lipinski definition) is 1. The molecule has 0 aliphatic carbocycles. The van der Waals surface area contributed by atoms with Crippen LogP contribution >= 0.6 is 11.3 Å². The minimum absolute atomic E-state index is 0.0479. The molecule has 1 aromatic carbocycles. The topological polar surface area (TPSA) is 87.6 Å². The van der Waals surface area contributed by atoms with Crippen LogP contribution in [0.1, 0.15) is 22.3 Å². The van der Waals surface area contributed by atoms with E-state index in [-0.39, 0.29) is 21.4 Å². The first-order valence-corrected chi connectivity index (χ1v) is 8.42. The first-order valence-electron chi connectivity index (χ1n) is 6.16. The monoisotopic (exact) mass is 326 g/mol. The number of benzene rings is 1. The minimum atomic E-state index is -3.74. The quantitative estimate of drug-likeness (QED) is 0.911. The first-order chi connectivity index (χ1) is 9.87. The number of sulfonamides is 1. The highest BCUT2D eigenvalue weighted by molar-refractivity contribution is 7.93. The summed E-state index contributed by atoms with van der Waals surface area (Å²) >= 11 is 0.858. The molecule has 112 valence electrons. The molecule has 0 saturated carbocycles. The smallest absolute Gasteiger partial charge is 0.347 e. The first kappa shape index (κ1) is 15.5. The summed E-state index contributed by atoms with van der Waals surface area (Å²) in [5, 5.41) is 9.22. The van der Waals surface area contributed by atoms with Gasteiger partial charge in [-0.1, -0.05) is 29.5 Å². The number of thiazole rings is 1. The Balaban J connectivity index is 2.50. The third-order valence-electron chi connectivity index (χ3n) is 2.81. The summed E-state index contributed by atoms with van der Waals surface area (Å²) in [7, 11) is -3.74. The maximum absolute atomic E-state index is 12.6. The molecule has 1 aromatic heterocycles. The third kappa shape index (κ3) is 2.91. The van der Waals surface area contributed by atoms with Crippen molar-refractivity contribution in [2.75, 3.05) is 10.8 Å². The number of aromatic carboxylic acids is 1. The van der Waals surface area contributed by atoms with Crippen LogP contribution < -0.4 is 4.31 Å². The van der Waals surface area contributed by atoms with Crippen LogP contribution in [0.5, 0.6) is 0 Å². The molecule has 0 radical (unpaired) electrons. The largest absolute Gasteiger partial charge is 0.477 e. The average Bonchev–Trinajstić information content (AvgIpc) is 2.82. The number of carboxylic acid groups (broad SMARTS) is 1. The summed E-state index contributed by atoms with van der Waals surface area (Å²) in [6.45, 7) is 3.40. The molecule has 0 unspecified atom stereocenters. The predicted octanol–water partition coefficient (Wildman–Crippen LogP) is 2.36. The molecule has 1 N–H and O–H groups in total. The van der Waals surface area contributed by atoms with E-state index in [9.17, 15) is 13.2 Å². The van der Waals surface area contributed by atoms with Crippen molar-refractivity contribution in [3.8, 4) is 0 Å². The van der Waals surface area contributed by atoms with Crippen molar-refractivity contribution < 1.29 is 18.3 Å². The van der Waals surface area contributed by atoms with Crippen molar-refractivity contribution >= 4 is 32.5 Å². The summed E-state index contributed by atoms with van der Waals surface area (Å²) in [5.41, 5.74) is 0.309. The van der Waals surface area contributed by atoms with E-state index in [0.29, 0.717) is 5.69 Å². The summed E-state index contributed by atoms with van der Waals surface area (Å²) in [6, 6.07) is 7.99. The van der Waals surface area contributed by atoms with Crippen LogP contribution in [0.25, 0.3) is 0 Å². The third-order valence-corrected chi connectivity index (χ3v) is 5.97. The van der Waals surface area contributed by atoms with Gasteiger partial charge in [0.25, 0.3) is 10.0 Å². The molecule has 0 aliphatic heterocycles. The fourth-order valence-corrected chi connectivity index (χ4v) is 4.44. The number of rotatable bonds is 5. The zero-order chi connectivity index (χ0) is 15.6. The van der Waals surface area contributed by atoms with E-state index in [2.05, 4.69) is 4.98 Å². The second-order valence-corrected chi connectivity index (χ2v) is 7.04. The standard InChI is InChI=1S/C13H14N2O4S2/c1-3-15(13-14-9(2)11(20-13)12(16)17)21(18,19)10-7-5-4-6-8-10/h4-8H,3H2,1-2H3,(H,16,17). The highest BCUT2D eigenvalue weighted by Crippen LogP contribution is 2.30. The van der Waals surface area contributed by atoms with E-state index in [1.807, 2.05) is 0 Å². The maximum atomic E-state index is 12.6. The predicted molar refractivity (Wildman–Crippen MR) is 80.5 cm³/mol. The van der Waals surface area contributed by atoms with Gasteiger partial charge in [0, 0.05) is 6.54 Å². The molecule has 2 aromatic rings. The van der Waals surface area contributed by atoms with Gasteiger partial charge in [-0.25, -0.2) is 22.5 Å². The highest BCUT2D eigenvalue weighted by atomic mass is 32.2. The Morgan fingerprint density at radius 1 is 1.33 bits per heavy atom. The Labute approximate surface area is 126 Å². The number of aromatic nitrogens is 1. The van der Waals surface area contributed by atoms with Gasteiger partial charge in [-0.2, -0.15) is 0 Å². The zero-order valence-electron chi connectivity index (χ0n) is 11.5. The molecule has 0 amide bonds. The zero-order valence-corrected chi connectivity index (χ0v) is 13.1. The molecule has 0 fully saturated rings. The number of hydrogen-bond acceptors (Lipinski definition) is 5. The number of carboxylic acids is 1. The van der Waals surface area contributed by atoms with Gasteiger partial charge >= 0.3 is 5.97 Å². The van der Waals surface area contributed by atoms with Gasteiger partial charge < -0.3 is 5.11 Å². The van der Waals surface area contributed by atoms with Gasteiger partial charge in [0.15, 0.2) is 5.13 Å². The molecular formula is C13H14N2O4S2. The Morgan fingerprint density at radius 2 is 1.95 bits per heavy atom. The maximum Gasteiger partial charge on any atom is 0.347 e. The molecule has 21 heavy (non-hydrogen) atoms. The second-order valence-electron chi connectivity index (χ2n) is 4.20. The van der Waals surface area contributed by atoms with Gasteiger partial charge in [-0.3, -0.25) is 0 Å². The molecule has 8 heteroatoms. The lowest BCUT2D eigenvalue weighted by Gasteiger charge is -2.19. The Hall–Kier alpha value is -1.93. The van der Waals surface area contributed by atoms with Crippen LogP contribution in [0.4, 0.5) is 5.13 Å². The van der Waals surface area contributed by atoms with Gasteiger partial charge in [0.2, 0.25) is 0 Å². The van der Waals surface area contributed by atoms with Crippen LogP contribution in [0, 0.1) is 6.92 Å². The summed E-state index contributed by atoms with van der Waals surface area (Å²) < 4.78 is 26.3. The molecule has 0 spiro atoms. The van der Waals surface area contributed by atoms with Crippen molar-refractivity contribution in [3.63, 3.8) is 0 Å². The van der Waals surface area contributed by atoms with Gasteiger partial charge in [0.05, 0.1) is 10.6 Å². The van der Waals surface area contributed by atoms with E-state index in [1.54, 1.807) is 32.0 Å². The fraction of sp³-hybridized carbons (Fsp3) is 0.231. The van der Waals surface area contributed by atoms with Crippen LogP contribution in [-0.2, 0) is 10.0 Å².